The van der Waals surface area contributed by atoms with Crippen LogP contribution in [0.2, 0.25) is 0 Å². The van der Waals surface area contributed by atoms with Gasteiger partial charge in [0.1, 0.15) is 22.8 Å². The third-order valence-corrected chi connectivity index (χ3v) is 8.70. The fourth-order valence-corrected chi connectivity index (χ4v) is 6.30. The number of benzene rings is 1. The number of hydrogen-bond acceptors (Lipinski definition) is 8. The Bertz CT molecular complexity index is 1990. The van der Waals surface area contributed by atoms with Crippen LogP contribution in [-0.4, -0.2) is 94.1 Å². The molecule has 49 heavy (non-hydrogen) atoms. The van der Waals surface area contributed by atoms with Gasteiger partial charge in [-0.25, -0.2) is 13.8 Å². The van der Waals surface area contributed by atoms with E-state index in [-0.39, 0.29) is 66.3 Å². The molecular formula is C36H41F2N7O4. The average Bonchev–Trinajstić information content (AvgIpc) is 3.04. The SMILES string of the molecule is C=CC(=O)N1CCN(c2c(C(=O)NCCN(C)C)c(=O)n(-c3c(C)ccnc3C(C)C)c3nc(-c4c(O)cccc4F)c(F)cc23)C[C@H]1C. The molecule has 11 nitrogen and oxygen atoms in total. The van der Waals surface area contributed by atoms with Gasteiger partial charge in [0.15, 0.2) is 11.5 Å². The van der Waals surface area contributed by atoms with Crippen LogP contribution < -0.4 is 15.8 Å². The van der Waals surface area contributed by atoms with Crippen LogP contribution in [0, 0.1) is 18.6 Å². The number of pyridine rings is 3. The van der Waals surface area contributed by atoms with Gasteiger partial charge < -0.3 is 25.1 Å². The highest BCUT2D eigenvalue weighted by molar-refractivity contribution is 6.08. The minimum atomic E-state index is -0.973. The van der Waals surface area contributed by atoms with E-state index in [4.69, 9.17) is 0 Å². The largest absolute Gasteiger partial charge is 0.507 e. The van der Waals surface area contributed by atoms with Crippen LogP contribution in [0.1, 0.15) is 48.3 Å². The quantitative estimate of drug-likeness (QED) is 0.251. The zero-order chi connectivity index (χ0) is 35.7. The predicted octanol–water partition coefficient (Wildman–Crippen LogP) is 4.38. The molecule has 0 saturated carbocycles. The molecule has 4 aromatic rings. The molecule has 1 atom stereocenters. The second-order valence-electron chi connectivity index (χ2n) is 12.8. The van der Waals surface area contributed by atoms with Gasteiger partial charge in [-0.05, 0) is 69.8 Å². The van der Waals surface area contributed by atoms with Crippen molar-refractivity contribution in [3.05, 3.63) is 88.0 Å². The van der Waals surface area contributed by atoms with Crippen molar-refractivity contribution in [1.29, 1.82) is 0 Å². The first kappa shape index (κ1) is 35.1. The highest BCUT2D eigenvalue weighted by Crippen LogP contribution is 2.38. The highest BCUT2D eigenvalue weighted by atomic mass is 19.1. The van der Waals surface area contributed by atoms with Crippen molar-refractivity contribution in [3.8, 4) is 22.7 Å². The van der Waals surface area contributed by atoms with E-state index in [9.17, 15) is 19.5 Å². The van der Waals surface area contributed by atoms with Gasteiger partial charge in [0, 0.05) is 50.3 Å². The summed E-state index contributed by atoms with van der Waals surface area (Å²) in [5.74, 6) is -3.52. The maximum Gasteiger partial charge on any atom is 0.271 e. The maximum absolute atomic E-state index is 16.3. The van der Waals surface area contributed by atoms with E-state index in [0.717, 1.165) is 12.1 Å². The zero-order valence-corrected chi connectivity index (χ0v) is 28.5. The second kappa shape index (κ2) is 14.1. The van der Waals surface area contributed by atoms with E-state index in [2.05, 4.69) is 21.9 Å². The first-order valence-electron chi connectivity index (χ1n) is 16.1. The summed E-state index contributed by atoms with van der Waals surface area (Å²) >= 11 is 0. The number of aromatic nitrogens is 3. The fraction of sp³-hybridized carbons (Fsp3) is 0.361. The summed E-state index contributed by atoms with van der Waals surface area (Å²) < 4.78 is 32.8. The number of halogens is 2. The summed E-state index contributed by atoms with van der Waals surface area (Å²) in [6, 6.07) is 6.06. The molecule has 5 rings (SSSR count). The van der Waals surface area contributed by atoms with Crippen molar-refractivity contribution in [2.24, 2.45) is 0 Å². The molecule has 2 amide bonds. The van der Waals surface area contributed by atoms with Crippen molar-refractivity contribution in [1.82, 2.24) is 29.7 Å². The van der Waals surface area contributed by atoms with Crippen LogP contribution in [0.3, 0.4) is 0 Å². The van der Waals surface area contributed by atoms with Crippen molar-refractivity contribution in [2.45, 2.75) is 39.7 Å². The Morgan fingerprint density at radius 2 is 1.90 bits per heavy atom. The number of piperazine rings is 1. The Balaban J connectivity index is 1.92. The Morgan fingerprint density at radius 1 is 1.16 bits per heavy atom. The standard InChI is InChI=1S/C36H41F2N7O4/c1-8-27(47)44-17-16-43(19-22(44)5)33-23-18-25(38)31(28-24(37)10-9-11-26(28)46)41-34(23)45(32-21(4)12-13-39-30(32)20(2)3)36(49)29(33)35(48)40-14-15-42(6)7/h8-13,18,20,22,46H,1,14-17,19H2,2-7H3,(H,40,48)/t22-/m1/s1. The highest BCUT2D eigenvalue weighted by Gasteiger charge is 2.34. The fourth-order valence-electron chi connectivity index (χ4n) is 6.30. The van der Waals surface area contributed by atoms with E-state index in [1.165, 1.54) is 22.8 Å². The van der Waals surface area contributed by atoms with Gasteiger partial charge >= 0.3 is 0 Å². The normalized spacial score (nSPS) is 14.9. The number of anilines is 1. The molecule has 1 aromatic carbocycles. The number of rotatable bonds is 9. The van der Waals surface area contributed by atoms with Crippen LogP contribution in [0.15, 0.2) is 54.0 Å². The molecule has 0 unspecified atom stereocenters. The van der Waals surface area contributed by atoms with Gasteiger partial charge in [0.2, 0.25) is 5.91 Å². The number of amides is 2. The lowest BCUT2D eigenvalue weighted by Gasteiger charge is -2.41. The lowest BCUT2D eigenvalue weighted by Crippen LogP contribution is -2.54. The molecule has 1 aliphatic heterocycles. The number of phenols is 1. The summed E-state index contributed by atoms with van der Waals surface area (Å²) in [4.78, 5) is 56.1. The Kier molecular flexibility index (Phi) is 10.1. The number of aromatic hydroxyl groups is 1. The summed E-state index contributed by atoms with van der Waals surface area (Å²) in [6.07, 6.45) is 2.85. The summed E-state index contributed by atoms with van der Waals surface area (Å²) in [6.45, 7) is 12.4. The van der Waals surface area contributed by atoms with Crippen LogP contribution in [0.25, 0.3) is 28.0 Å². The lowest BCUT2D eigenvalue weighted by molar-refractivity contribution is -0.128. The number of nitrogens with one attached hydrogen (secondary N) is 1. The third kappa shape index (κ3) is 6.62. The average molecular weight is 674 g/mol. The summed E-state index contributed by atoms with van der Waals surface area (Å²) in [5.41, 5.74) is -0.330. The number of carbonyl (C=O) groups excluding carboxylic acids is 2. The minimum Gasteiger partial charge on any atom is -0.507 e. The van der Waals surface area contributed by atoms with Crippen LogP contribution in [0.5, 0.6) is 5.75 Å². The van der Waals surface area contributed by atoms with Crippen LogP contribution >= 0.6 is 0 Å². The Hall–Kier alpha value is -5.17. The number of nitrogens with zero attached hydrogens (tertiary/aromatic N) is 6. The van der Waals surface area contributed by atoms with Crippen molar-refractivity contribution >= 4 is 28.5 Å². The Morgan fingerprint density at radius 3 is 2.53 bits per heavy atom. The zero-order valence-electron chi connectivity index (χ0n) is 28.5. The van der Waals surface area contributed by atoms with E-state index in [0.29, 0.717) is 23.5 Å². The third-order valence-electron chi connectivity index (χ3n) is 8.70. The molecule has 0 aliphatic carbocycles. The lowest BCUT2D eigenvalue weighted by atomic mass is 10.0. The molecule has 3 aromatic heterocycles. The number of aryl methyl sites for hydroxylation is 1. The van der Waals surface area contributed by atoms with Gasteiger partial charge in [-0.1, -0.05) is 26.5 Å². The number of hydrogen-bond donors (Lipinski definition) is 2. The van der Waals surface area contributed by atoms with Gasteiger partial charge in [0.05, 0.1) is 22.6 Å². The van der Waals surface area contributed by atoms with E-state index >= 15 is 8.78 Å². The number of likely N-dealkylation sites (N-methyl/N-ethyl adjacent to an activating group) is 1. The van der Waals surface area contributed by atoms with Crippen LogP contribution in [0.4, 0.5) is 14.5 Å². The number of fused-ring (bicyclic) bond motifs is 1. The monoisotopic (exact) mass is 673 g/mol. The van der Waals surface area contributed by atoms with E-state index in [1.54, 1.807) is 29.0 Å². The number of phenolic OH excluding ortho intramolecular Hbond substituents is 1. The molecule has 0 spiro atoms. The molecular weight excluding hydrogens is 632 g/mol. The molecule has 2 N–H and O–H groups in total. The molecule has 258 valence electrons. The molecule has 4 heterocycles. The van der Waals surface area contributed by atoms with Gasteiger partial charge in [-0.2, -0.15) is 0 Å². The predicted molar refractivity (Wildman–Crippen MR) is 185 cm³/mol. The molecule has 1 aliphatic rings. The topological polar surface area (TPSA) is 124 Å². The van der Waals surface area contributed by atoms with Gasteiger partial charge in [-0.15, -0.1) is 0 Å². The van der Waals surface area contributed by atoms with Crippen molar-refractivity contribution in [3.63, 3.8) is 0 Å². The first-order chi connectivity index (χ1) is 23.3. The molecule has 1 saturated heterocycles. The molecule has 0 bridgehead atoms. The van der Waals surface area contributed by atoms with E-state index in [1.807, 2.05) is 39.8 Å². The number of carbonyl (C=O) groups is 2. The van der Waals surface area contributed by atoms with Crippen molar-refractivity contribution < 1.29 is 23.5 Å². The van der Waals surface area contributed by atoms with Gasteiger partial charge in [-0.3, -0.25) is 23.9 Å². The minimum absolute atomic E-state index is 0.0563. The maximum atomic E-state index is 16.3. The summed E-state index contributed by atoms with van der Waals surface area (Å²) in [5, 5.41) is 13.6. The van der Waals surface area contributed by atoms with E-state index < -0.39 is 40.1 Å². The second-order valence-corrected chi connectivity index (χ2v) is 12.8. The molecule has 1 fully saturated rings. The smallest absolute Gasteiger partial charge is 0.271 e. The van der Waals surface area contributed by atoms with Gasteiger partial charge in [0.25, 0.3) is 11.5 Å². The Labute approximate surface area is 283 Å². The molecule has 13 heteroatoms. The summed E-state index contributed by atoms with van der Waals surface area (Å²) in [7, 11) is 3.70. The molecule has 0 radical (unpaired) electrons. The first-order valence-corrected chi connectivity index (χ1v) is 16.1. The van der Waals surface area contributed by atoms with Crippen LogP contribution in [-0.2, 0) is 4.79 Å². The van der Waals surface area contributed by atoms with Crippen molar-refractivity contribution in [2.75, 3.05) is 51.7 Å².